The van der Waals surface area contributed by atoms with Crippen LogP contribution in [0.1, 0.15) is 36.9 Å². The smallest absolute Gasteiger partial charge is 0.220 e. The van der Waals surface area contributed by atoms with Crippen LogP contribution in [0.5, 0.6) is 0 Å². The van der Waals surface area contributed by atoms with Crippen LogP contribution in [-0.2, 0) is 11.3 Å². The van der Waals surface area contributed by atoms with Gasteiger partial charge >= 0.3 is 0 Å². The van der Waals surface area contributed by atoms with Gasteiger partial charge in [-0.3, -0.25) is 9.78 Å². The van der Waals surface area contributed by atoms with Crippen molar-refractivity contribution < 1.29 is 4.79 Å². The van der Waals surface area contributed by atoms with Crippen molar-refractivity contribution in [2.24, 2.45) is 0 Å². The van der Waals surface area contributed by atoms with Gasteiger partial charge in [0.05, 0.1) is 12.2 Å². The Balaban J connectivity index is 0.00000180. The third kappa shape index (κ3) is 6.07. The number of aromatic nitrogens is 1. The van der Waals surface area contributed by atoms with Gasteiger partial charge in [0.25, 0.3) is 0 Å². The average Bonchev–Trinajstić information content (AvgIpc) is 2.88. The van der Waals surface area contributed by atoms with Crippen molar-refractivity contribution in [2.75, 3.05) is 6.54 Å². The van der Waals surface area contributed by atoms with E-state index in [9.17, 15) is 4.79 Å². The van der Waals surface area contributed by atoms with Crippen molar-refractivity contribution in [1.82, 2.24) is 15.6 Å². The Morgan fingerprint density at radius 1 is 1.50 bits per heavy atom. The van der Waals surface area contributed by atoms with Crippen molar-refractivity contribution in [3.8, 4) is 0 Å². The second-order valence-electron chi connectivity index (χ2n) is 4.88. The molecule has 1 aliphatic rings. The van der Waals surface area contributed by atoms with Crippen LogP contribution in [0.15, 0.2) is 18.3 Å². The summed E-state index contributed by atoms with van der Waals surface area (Å²) in [5, 5.41) is 6.34. The van der Waals surface area contributed by atoms with Gasteiger partial charge in [0.2, 0.25) is 5.91 Å². The first-order valence-electron chi connectivity index (χ1n) is 6.66. The van der Waals surface area contributed by atoms with E-state index in [0.717, 1.165) is 24.2 Å². The Morgan fingerprint density at radius 3 is 2.95 bits per heavy atom. The fraction of sp³-hybridized carbons (Fsp3) is 0.571. The highest BCUT2D eigenvalue weighted by atomic mass is 35.5. The van der Waals surface area contributed by atoms with E-state index in [1.54, 1.807) is 6.20 Å². The zero-order chi connectivity index (χ0) is 12.8. The molecule has 0 aliphatic carbocycles. The minimum atomic E-state index is 0. The van der Waals surface area contributed by atoms with E-state index >= 15 is 0 Å². The molecule has 0 spiro atoms. The largest absolute Gasteiger partial charge is 0.350 e. The molecule has 2 N–H and O–H groups in total. The average molecular weight is 320 g/mol. The van der Waals surface area contributed by atoms with E-state index in [1.165, 1.54) is 12.8 Å². The number of halogens is 2. The van der Waals surface area contributed by atoms with Crippen molar-refractivity contribution in [2.45, 2.75) is 45.2 Å². The number of aryl methyl sites for hydroxylation is 1. The van der Waals surface area contributed by atoms with Gasteiger partial charge in [0.1, 0.15) is 0 Å². The summed E-state index contributed by atoms with van der Waals surface area (Å²) in [7, 11) is 0. The summed E-state index contributed by atoms with van der Waals surface area (Å²) in [6.07, 6.45) is 5.74. The topological polar surface area (TPSA) is 54.0 Å². The highest BCUT2D eigenvalue weighted by Crippen LogP contribution is 2.10. The maximum atomic E-state index is 11.7. The predicted octanol–water partition coefficient (Wildman–Crippen LogP) is 2.38. The van der Waals surface area contributed by atoms with Crippen LogP contribution in [0.2, 0.25) is 0 Å². The first kappa shape index (κ1) is 19.2. The fourth-order valence-electron chi connectivity index (χ4n) is 2.28. The summed E-state index contributed by atoms with van der Waals surface area (Å²) in [4.78, 5) is 16.0. The molecule has 1 aromatic rings. The zero-order valence-electron chi connectivity index (χ0n) is 11.7. The third-order valence-electron chi connectivity index (χ3n) is 3.45. The number of hydrogen-bond donors (Lipinski definition) is 2. The number of pyridine rings is 1. The number of carbonyl (C=O) groups is 1. The van der Waals surface area contributed by atoms with Crippen molar-refractivity contribution in [3.63, 3.8) is 0 Å². The highest BCUT2D eigenvalue weighted by Gasteiger charge is 2.15. The Bertz CT molecular complexity index is 409. The molecule has 20 heavy (non-hydrogen) atoms. The Hall–Kier alpha value is -0.840. The summed E-state index contributed by atoms with van der Waals surface area (Å²) in [5.41, 5.74) is 2.07. The third-order valence-corrected chi connectivity index (χ3v) is 3.45. The van der Waals surface area contributed by atoms with Gasteiger partial charge in [0.15, 0.2) is 0 Å². The van der Waals surface area contributed by atoms with Gasteiger partial charge in [0, 0.05) is 18.7 Å². The normalized spacial score (nSPS) is 16.9. The van der Waals surface area contributed by atoms with Crippen molar-refractivity contribution in [1.29, 1.82) is 0 Å². The van der Waals surface area contributed by atoms with E-state index < -0.39 is 0 Å². The Kier molecular flexibility index (Phi) is 9.55. The molecule has 1 saturated heterocycles. The van der Waals surface area contributed by atoms with Crippen molar-refractivity contribution >= 4 is 30.7 Å². The summed E-state index contributed by atoms with van der Waals surface area (Å²) in [6.45, 7) is 3.64. The van der Waals surface area contributed by atoms with Crippen LogP contribution in [-0.4, -0.2) is 23.5 Å². The molecule has 1 atom stereocenters. The molecule has 1 unspecified atom stereocenters. The number of carbonyl (C=O) groups excluding carboxylic acids is 1. The maximum Gasteiger partial charge on any atom is 0.220 e. The minimum Gasteiger partial charge on any atom is -0.350 e. The molecule has 1 amide bonds. The lowest BCUT2D eigenvalue weighted by Gasteiger charge is -2.10. The highest BCUT2D eigenvalue weighted by molar-refractivity contribution is 5.85. The monoisotopic (exact) mass is 319 g/mol. The number of rotatable bonds is 5. The van der Waals surface area contributed by atoms with Gasteiger partial charge in [-0.2, -0.15) is 0 Å². The molecule has 114 valence electrons. The zero-order valence-corrected chi connectivity index (χ0v) is 13.4. The predicted molar refractivity (Wildman–Crippen MR) is 85.6 cm³/mol. The first-order chi connectivity index (χ1) is 8.75. The second kappa shape index (κ2) is 9.97. The molecule has 6 heteroatoms. The molecular weight excluding hydrogens is 297 g/mol. The second-order valence-corrected chi connectivity index (χ2v) is 4.88. The SMILES string of the molecule is Cc1cccnc1CNC(=O)CCC1CCCN1.Cl.Cl. The van der Waals surface area contributed by atoms with E-state index in [1.807, 2.05) is 19.1 Å². The van der Waals surface area contributed by atoms with E-state index in [2.05, 4.69) is 15.6 Å². The van der Waals surface area contributed by atoms with E-state index in [0.29, 0.717) is 19.0 Å². The maximum absolute atomic E-state index is 11.7. The summed E-state index contributed by atoms with van der Waals surface area (Å²) >= 11 is 0. The molecule has 1 aromatic heterocycles. The number of amides is 1. The van der Waals surface area contributed by atoms with Crippen molar-refractivity contribution in [3.05, 3.63) is 29.6 Å². The van der Waals surface area contributed by atoms with Crippen LogP contribution in [0.3, 0.4) is 0 Å². The number of nitrogens with zero attached hydrogens (tertiary/aromatic N) is 1. The lowest BCUT2D eigenvalue weighted by atomic mass is 10.1. The van der Waals surface area contributed by atoms with Gasteiger partial charge < -0.3 is 10.6 Å². The van der Waals surface area contributed by atoms with Gasteiger partial charge in [-0.15, -0.1) is 24.8 Å². The molecule has 0 saturated carbocycles. The number of hydrogen-bond acceptors (Lipinski definition) is 3. The summed E-state index contributed by atoms with van der Waals surface area (Å²) in [5.74, 6) is 0.119. The quantitative estimate of drug-likeness (QED) is 0.876. The van der Waals surface area contributed by atoms with Gasteiger partial charge in [-0.25, -0.2) is 0 Å². The molecular formula is C14H23Cl2N3O. The molecule has 2 rings (SSSR count). The standard InChI is InChI=1S/C14H21N3O.2ClH/c1-11-4-2-9-16-13(11)10-17-14(18)7-6-12-5-3-8-15-12;;/h2,4,9,12,15H,3,5-8,10H2,1H3,(H,17,18);2*1H. The first-order valence-corrected chi connectivity index (χ1v) is 6.66. The molecule has 1 fully saturated rings. The lowest BCUT2D eigenvalue weighted by molar-refractivity contribution is -0.121. The Labute approximate surface area is 132 Å². The van der Waals surface area contributed by atoms with Gasteiger partial charge in [-0.1, -0.05) is 6.07 Å². The van der Waals surface area contributed by atoms with Crippen LogP contribution < -0.4 is 10.6 Å². The molecule has 0 bridgehead atoms. The minimum absolute atomic E-state index is 0. The Morgan fingerprint density at radius 2 is 2.30 bits per heavy atom. The number of nitrogens with one attached hydrogen (secondary N) is 2. The summed E-state index contributed by atoms with van der Waals surface area (Å²) < 4.78 is 0. The molecule has 1 aliphatic heterocycles. The van der Waals surface area contributed by atoms with E-state index in [-0.39, 0.29) is 30.7 Å². The van der Waals surface area contributed by atoms with Crippen LogP contribution >= 0.6 is 24.8 Å². The van der Waals surface area contributed by atoms with Crippen LogP contribution in [0.25, 0.3) is 0 Å². The fourth-order valence-corrected chi connectivity index (χ4v) is 2.28. The molecule has 2 heterocycles. The van der Waals surface area contributed by atoms with Crippen LogP contribution in [0, 0.1) is 6.92 Å². The van der Waals surface area contributed by atoms with Crippen LogP contribution in [0.4, 0.5) is 0 Å². The van der Waals surface area contributed by atoms with E-state index in [4.69, 9.17) is 0 Å². The molecule has 0 aromatic carbocycles. The molecule has 0 radical (unpaired) electrons. The van der Waals surface area contributed by atoms with Gasteiger partial charge in [-0.05, 0) is 44.4 Å². The lowest BCUT2D eigenvalue weighted by Crippen LogP contribution is -2.27. The molecule has 4 nitrogen and oxygen atoms in total. The summed E-state index contributed by atoms with van der Waals surface area (Å²) in [6, 6.07) is 4.45.